The zero-order chi connectivity index (χ0) is 19.6. The molecule has 0 saturated heterocycles. The van der Waals surface area contributed by atoms with Gasteiger partial charge in [0.05, 0.1) is 11.8 Å². The zero-order valence-electron chi connectivity index (χ0n) is 14.9. The van der Waals surface area contributed by atoms with Crippen LogP contribution in [0, 0.1) is 0 Å². The van der Waals surface area contributed by atoms with Crippen LogP contribution >= 0.6 is 0 Å². The number of carbonyl (C=O) groups is 2. The van der Waals surface area contributed by atoms with Gasteiger partial charge in [-0.15, -0.1) is 0 Å². The van der Waals surface area contributed by atoms with Gasteiger partial charge in [-0.25, -0.2) is 5.43 Å². The fraction of sp³-hybridized carbons (Fsp3) is 0.0476. The van der Waals surface area contributed by atoms with Crippen molar-refractivity contribution in [1.82, 2.24) is 10.4 Å². The molecule has 0 aliphatic rings. The third-order valence-electron chi connectivity index (χ3n) is 3.61. The normalized spacial score (nSPS) is 10.4. The maximum atomic E-state index is 11.9. The molecule has 0 spiro atoms. The van der Waals surface area contributed by atoms with Crippen molar-refractivity contribution in [3.63, 3.8) is 0 Å². The van der Waals surface area contributed by atoms with Gasteiger partial charge in [0.2, 0.25) is 0 Å². The molecular weight excluding hydrogens is 356 g/mol. The molecule has 140 valence electrons. The minimum atomic E-state index is -0.339. The summed E-state index contributed by atoms with van der Waals surface area (Å²) in [7, 11) is 0. The van der Waals surface area contributed by atoms with E-state index in [2.05, 4.69) is 20.8 Å². The van der Waals surface area contributed by atoms with Crippen molar-refractivity contribution < 1.29 is 14.3 Å². The van der Waals surface area contributed by atoms with Gasteiger partial charge in [0, 0.05) is 18.1 Å². The average molecular weight is 374 g/mol. The summed E-state index contributed by atoms with van der Waals surface area (Å²) < 4.78 is 5.46. The zero-order valence-corrected chi connectivity index (χ0v) is 14.9. The van der Waals surface area contributed by atoms with E-state index >= 15 is 0 Å². The summed E-state index contributed by atoms with van der Waals surface area (Å²) in [4.78, 5) is 27.6. The second kappa shape index (κ2) is 9.63. The fourth-order valence-corrected chi connectivity index (χ4v) is 2.24. The SMILES string of the molecule is O=C(COc1ccc(/C=N/NC(=O)c2cccnc2)cc1)Nc1ccccc1. The topological polar surface area (TPSA) is 92.7 Å². The number of rotatable bonds is 7. The minimum Gasteiger partial charge on any atom is -0.484 e. The molecule has 0 unspecified atom stereocenters. The Hall–Kier alpha value is -4.00. The Labute approximate surface area is 162 Å². The molecule has 0 radical (unpaired) electrons. The molecule has 1 heterocycles. The third kappa shape index (κ3) is 5.77. The van der Waals surface area contributed by atoms with E-state index in [-0.39, 0.29) is 18.4 Å². The number of hydrogen-bond donors (Lipinski definition) is 2. The molecule has 2 aromatic carbocycles. The predicted molar refractivity (Wildman–Crippen MR) is 106 cm³/mol. The first-order valence-corrected chi connectivity index (χ1v) is 8.52. The Morgan fingerprint density at radius 3 is 2.50 bits per heavy atom. The Morgan fingerprint density at radius 1 is 1.00 bits per heavy atom. The first kappa shape index (κ1) is 18.8. The van der Waals surface area contributed by atoms with Crippen LogP contribution in [0.25, 0.3) is 0 Å². The van der Waals surface area contributed by atoms with E-state index < -0.39 is 0 Å². The van der Waals surface area contributed by atoms with Gasteiger partial charge in [0.25, 0.3) is 11.8 Å². The molecule has 2 amide bonds. The molecule has 0 fully saturated rings. The lowest BCUT2D eigenvalue weighted by molar-refractivity contribution is -0.118. The van der Waals surface area contributed by atoms with E-state index in [4.69, 9.17) is 4.74 Å². The van der Waals surface area contributed by atoms with E-state index in [0.29, 0.717) is 11.3 Å². The second-order valence-electron chi connectivity index (χ2n) is 5.71. The summed E-state index contributed by atoms with van der Waals surface area (Å²) in [5, 5.41) is 6.66. The fourth-order valence-electron chi connectivity index (χ4n) is 2.24. The van der Waals surface area contributed by atoms with Crippen molar-refractivity contribution in [2.24, 2.45) is 5.10 Å². The number of anilines is 1. The molecule has 0 bridgehead atoms. The number of nitrogens with zero attached hydrogens (tertiary/aromatic N) is 2. The lowest BCUT2D eigenvalue weighted by Crippen LogP contribution is -2.20. The first-order chi connectivity index (χ1) is 13.7. The third-order valence-corrected chi connectivity index (χ3v) is 3.61. The van der Waals surface area contributed by atoms with Crippen LogP contribution in [-0.2, 0) is 4.79 Å². The molecule has 28 heavy (non-hydrogen) atoms. The highest BCUT2D eigenvalue weighted by Gasteiger charge is 2.04. The van der Waals surface area contributed by atoms with E-state index in [1.807, 2.05) is 18.2 Å². The van der Waals surface area contributed by atoms with Crippen molar-refractivity contribution in [3.05, 3.63) is 90.3 Å². The molecule has 0 saturated carbocycles. The number of ether oxygens (including phenoxy) is 1. The second-order valence-corrected chi connectivity index (χ2v) is 5.71. The molecule has 3 rings (SSSR count). The summed E-state index contributed by atoms with van der Waals surface area (Å²) in [6, 6.07) is 19.5. The molecular formula is C21H18N4O3. The van der Waals surface area contributed by atoms with E-state index in [0.717, 1.165) is 11.3 Å². The Balaban J connectivity index is 1.45. The van der Waals surface area contributed by atoms with E-state index in [9.17, 15) is 9.59 Å². The standard InChI is InChI=1S/C21H18N4O3/c26-20(24-18-6-2-1-3-7-18)15-28-19-10-8-16(9-11-19)13-23-25-21(27)17-5-4-12-22-14-17/h1-14H,15H2,(H,24,26)(H,25,27)/b23-13+. The Morgan fingerprint density at radius 2 is 1.79 bits per heavy atom. The molecule has 0 aliphatic carbocycles. The lowest BCUT2D eigenvalue weighted by Gasteiger charge is -2.07. The maximum Gasteiger partial charge on any atom is 0.272 e. The summed E-state index contributed by atoms with van der Waals surface area (Å²) in [6.07, 6.45) is 4.57. The predicted octanol–water partition coefficient (Wildman–Crippen LogP) is 2.86. The number of aromatic nitrogens is 1. The van der Waals surface area contributed by atoms with Crippen LogP contribution in [0.1, 0.15) is 15.9 Å². The van der Waals surface area contributed by atoms with Gasteiger partial charge in [0.15, 0.2) is 6.61 Å². The van der Waals surface area contributed by atoms with Crippen LogP contribution in [0.4, 0.5) is 5.69 Å². The number of benzene rings is 2. The average Bonchev–Trinajstić information content (AvgIpc) is 2.74. The van der Waals surface area contributed by atoms with Gasteiger partial charge < -0.3 is 10.1 Å². The molecule has 0 atom stereocenters. The molecule has 7 heteroatoms. The highest BCUT2D eigenvalue weighted by molar-refractivity contribution is 5.94. The quantitative estimate of drug-likeness (QED) is 0.491. The smallest absolute Gasteiger partial charge is 0.272 e. The van der Waals surface area contributed by atoms with Crippen LogP contribution in [0.2, 0.25) is 0 Å². The summed E-state index contributed by atoms with van der Waals surface area (Å²) >= 11 is 0. The molecule has 1 aromatic heterocycles. The number of amides is 2. The summed E-state index contributed by atoms with van der Waals surface area (Å²) in [5.41, 5.74) is 4.35. The van der Waals surface area contributed by atoms with Crippen molar-refractivity contribution >= 4 is 23.7 Å². The van der Waals surface area contributed by atoms with Crippen LogP contribution in [0.15, 0.2) is 84.2 Å². The van der Waals surface area contributed by atoms with E-state index in [1.54, 1.807) is 54.7 Å². The minimum absolute atomic E-state index is 0.0938. The molecule has 7 nitrogen and oxygen atoms in total. The number of hydrogen-bond acceptors (Lipinski definition) is 5. The number of hydrazone groups is 1. The van der Waals surface area contributed by atoms with Gasteiger partial charge in [-0.3, -0.25) is 14.6 Å². The monoisotopic (exact) mass is 374 g/mol. The molecule has 0 aliphatic heterocycles. The van der Waals surface area contributed by atoms with Crippen LogP contribution in [0.5, 0.6) is 5.75 Å². The van der Waals surface area contributed by atoms with Gasteiger partial charge in [-0.05, 0) is 54.1 Å². The first-order valence-electron chi connectivity index (χ1n) is 8.52. The van der Waals surface area contributed by atoms with Crippen molar-refractivity contribution in [1.29, 1.82) is 0 Å². The number of carbonyl (C=O) groups excluding carboxylic acids is 2. The number of pyridine rings is 1. The van der Waals surface area contributed by atoms with Crippen molar-refractivity contribution in [2.75, 3.05) is 11.9 Å². The van der Waals surface area contributed by atoms with Crippen molar-refractivity contribution in [2.45, 2.75) is 0 Å². The largest absolute Gasteiger partial charge is 0.484 e. The van der Waals surface area contributed by atoms with Crippen LogP contribution in [-0.4, -0.2) is 29.6 Å². The van der Waals surface area contributed by atoms with Gasteiger partial charge in [-0.2, -0.15) is 5.10 Å². The Kier molecular flexibility index (Phi) is 6.46. The maximum absolute atomic E-state index is 11.9. The Bertz CT molecular complexity index is 942. The van der Waals surface area contributed by atoms with Gasteiger partial charge >= 0.3 is 0 Å². The highest BCUT2D eigenvalue weighted by Crippen LogP contribution is 2.11. The van der Waals surface area contributed by atoms with Gasteiger partial charge in [0.1, 0.15) is 5.75 Å². The molecule has 3 aromatic rings. The highest BCUT2D eigenvalue weighted by atomic mass is 16.5. The van der Waals surface area contributed by atoms with Crippen molar-refractivity contribution in [3.8, 4) is 5.75 Å². The number of para-hydroxylation sites is 1. The van der Waals surface area contributed by atoms with E-state index in [1.165, 1.54) is 12.4 Å². The number of nitrogens with one attached hydrogen (secondary N) is 2. The lowest BCUT2D eigenvalue weighted by atomic mass is 10.2. The van der Waals surface area contributed by atoms with Gasteiger partial charge in [-0.1, -0.05) is 18.2 Å². The molecule has 2 N–H and O–H groups in total. The summed E-state index contributed by atoms with van der Waals surface area (Å²) in [5.74, 6) is -0.0246. The van der Waals surface area contributed by atoms with Crippen LogP contribution in [0.3, 0.4) is 0 Å². The van der Waals surface area contributed by atoms with Crippen LogP contribution < -0.4 is 15.5 Å². The summed E-state index contributed by atoms with van der Waals surface area (Å²) in [6.45, 7) is -0.0938.